The molecule has 4 heteroatoms. The first-order valence-corrected chi connectivity index (χ1v) is 4.81. The summed E-state index contributed by atoms with van der Waals surface area (Å²) in [6.07, 6.45) is 3.70. The predicted molar refractivity (Wildman–Crippen MR) is 51.8 cm³/mol. The first-order chi connectivity index (χ1) is 6.23. The quantitative estimate of drug-likeness (QED) is 0.762. The standard InChI is InChI=1S/C9H16N4/c1-4-9(5-6-9)7-11-12-8(10-2)13(7)3/h4-6H2,1-3H3,(H,10,12). The molecule has 0 unspecified atom stereocenters. The third kappa shape index (κ3) is 1.12. The third-order valence-corrected chi connectivity index (χ3v) is 3.10. The van der Waals surface area contributed by atoms with Crippen LogP contribution in [0.5, 0.6) is 0 Å². The molecule has 0 radical (unpaired) electrons. The average molecular weight is 180 g/mol. The van der Waals surface area contributed by atoms with Gasteiger partial charge in [0.2, 0.25) is 5.95 Å². The fourth-order valence-electron chi connectivity index (χ4n) is 1.89. The summed E-state index contributed by atoms with van der Waals surface area (Å²) in [5.74, 6) is 1.99. The Balaban J connectivity index is 2.36. The largest absolute Gasteiger partial charge is 0.357 e. The van der Waals surface area contributed by atoms with Gasteiger partial charge in [-0.15, -0.1) is 10.2 Å². The number of rotatable bonds is 3. The van der Waals surface area contributed by atoms with E-state index in [0.717, 1.165) is 11.8 Å². The van der Waals surface area contributed by atoms with E-state index in [1.807, 2.05) is 14.1 Å². The highest BCUT2D eigenvalue weighted by atomic mass is 15.3. The normalized spacial score (nSPS) is 18.7. The molecule has 4 nitrogen and oxygen atoms in total. The van der Waals surface area contributed by atoms with E-state index in [1.165, 1.54) is 19.3 Å². The van der Waals surface area contributed by atoms with Crippen molar-refractivity contribution in [2.45, 2.75) is 31.6 Å². The van der Waals surface area contributed by atoms with Gasteiger partial charge in [-0.2, -0.15) is 0 Å². The number of nitrogens with one attached hydrogen (secondary N) is 1. The van der Waals surface area contributed by atoms with Crippen molar-refractivity contribution in [1.82, 2.24) is 14.8 Å². The average Bonchev–Trinajstić information content (AvgIpc) is 2.85. The van der Waals surface area contributed by atoms with Gasteiger partial charge in [0.15, 0.2) is 0 Å². The summed E-state index contributed by atoms with van der Waals surface area (Å²) in [5, 5.41) is 11.4. The van der Waals surface area contributed by atoms with Gasteiger partial charge >= 0.3 is 0 Å². The van der Waals surface area contributed by atoms with Gasteiger partial charge in [-0.1, -0.05) is 6.92 Å². The van der Waals surface area contributed by atoms with E-state index in [2.05, 4.69) is 27.0 Å². The Kier molecular flexibility index (Phi) is 1.78. The van der Waals surface area contributed by atoms with Crippen LogP contribution >= 0.6 is 0 Å². The zero-order valence-corrected chi connectivity index (χ0v) is 8.46. The summed E-state index contributed by atoms with van der Waals surface area (Å²) in [6, 6.07) is 0. The summed E-state index contributed by atoms with van der Waals surface area (Å²) in [4.78, 5) is 0. The minimum absolute atomic E-state index is 0.344. The van der Waals surface area contributed by atoms with Gasteiger partial charge in [0.05, 0.1) is 0 Å². The second kappa shape index (κ2) is 2.72. The molecule has 1 aromatic heterocycles. The van der Waals surface area contributed by atoms with Crippen LogP contribution in [0.2, 0.25) is 0 Å². The highest BCUT2D eigenvalue weighted by Gasteiger charge is 2.46. The van der Waals surface area contributed by atoms with Crippen LogP contribution in [0, 0.1) is 0 Å². The zero-order valence-electron chi connectivity index (χ0n) is 8.46. The van der Waals surface area contributed by atoms with Crippen LogP contribution in [-0.2, 0) is 12.5 Å². The van der Waals surface area contributed by atoms with Crippen molar-refractivity contribution < 1.29 is 0 Å². The SMILES string of the molecule is CCC1(c2nnc(NC)n2C)CC1. The maximum Gasteiger partial charge on any atom is 0.224 e. The van der Waals surface area contributed by atoms with Crippen molar-refractivity contribution >= 4 is 5.95 Å². The van der Waals surface area contributed by atoms with Crippen LogP contribution in [0.1, 0.15) is 32.0 Å². The molecule has 1 aliphatic carbocycles. The molecule has 1 aromatic rings. The molecule has 0 aromatic carbocycles. The molecular formula is C9H16N4. The molecule has 13 heavy (non-hydrogen) atoms. The number of anilines is 1. The lowest BCUT2D eigenvalue weighted by molar-refractivity contribution is 0.584. The molecule has 1 aliphatic rings. The fourth-order valence-corrected chi connectivity index (χ4v) is 1.89. The van der Waals surface area contributed by atoms with Gasteiger partial charge in [0, 0.05) is 19.5 Å². The van der Waals surface area contributed by atoms with E-state index in [0.29, 0.717) is 5.41 Å². The van der Waals surface area contributed by atoms with Crippen molar-refractivity contribution in [3.05, 3.63) is 5.82 Å². The number of hydrogen-bond donors (Lipinski definition) is 1. The summed E-state index contributed by atoms with van der Waals surface area (Å²) in [5.41, 5.74) is 0.344. The van der Waals surface area contributed by atoms with Crippen LogP contribution in [0.4, 0.5) is 5.95 Å². The molecule has 0 spiro atoms. The van der Waals surface area contributed by atoms with Crippen molar-refractivity contribution in [3.8, 4) is 0 Å². The van der Waals surface area contributed by atoms with E-state index in [1.54, 1.807) is 0 Å². The Morgan fingerprint density at radius 1 is 1.46 bits per heavy atom. The molecule has 1 heterocycles. The molecule has 1 fully saturated rings. The second-order valence-corrected chi connectivity index (χ2v) is 3.79. The molecule has 0 saturated heterocycles. The fraction of sp³-hybridized carbons (Fsp3) is 0.778. The van der Waals surface area contributed by atoms with Crippen LogP contribution in [0.25, 0.3) is 0 Å². The summed E-state index contributed by atoms with van der Waals surface area (Å²) >= 11 is 0. The maximum atomic E-state index is 4.24. The summed E-state index contributed by atoms with van der Waals surface area (Å²) in [7, 11) is 3.90. The Labute approximate surface area is 78.4 Å². The van der Waals surface area contributed by atoms with E-state index < -0.39 is 0 Å². The molecule has 72 valence electrons. The van der Waals surface area contributed by atoms with Crippen molar-refractivity contribution in [1.29, 1.82) is 0 Å². The Morgan fingerprint density at radius 3 is 2.54 bits per heavy atom. The first kappa shape index (κ1) is 8.53. The molecule has 2 rings (SSSR count). The molecule has 0 bridgehead atoms. The van der Waals surface area contributed by atoms with E-state index in [4.69, 9.17) is 0 Å². The van der Waals surface area contributed by atoms with Gasteiger partial charge in [0.25, 0.3) is 0 Å². The minimum atomic E-state index is 0.344. The van der Waals surface area contributed by atoms with Crippen LogP contribution in [0.3, 0.4) is 0 Å². The van der Waals surface area contributed by atoms with Crippen LogP contribution < -0.4 is 5.32 Å². The second-order valence-electron chi connectivity index (χ2n) is 3.79. The highest BCUT2D eigenvalue weighted by Crippen LogP contribution is 2.50. The van der Waals surface area contributed by atoms with Crippen LogP contribution in [0.15, 0.2) is 0 Å². The van der Waals surface area contributed by atoms with E-state index >= 15 is 0 Å². The zero-order chi connectivity index (χ0) is 9.47. The maximum absolute atomic E-state index is 4.24. The third-order valence-electron chi connectivity index (χ3n) is 3.10. The Hall–Kier alpha value is -1.06. The smallest absolute Gasteiger partial charge is 0.224 e. The minimum Gasteiger partial charge on any atom is -0.357 e. The number of aromatic nitrogens is 3. The molecule has 1 N–H and O–H groups in total. The molecular weight excluding hydrogens is 164 g/mol. The predicted octanol–water partition coefficient (Wildman–Crippen LogP) is 1.30. The lowest BCUT2D eigenvalue weighted by Crippen LogP contribution is -2.12. The van der Waals surface area contributed by atoms with Gasteiger partial charge in [0.1, 0.15) is 5.82 Å². The topological polar surface area (TPSA) is 42.7 Å². The summed E-state index contributed by atoms with van der Waals surface area (Å²) in [6.45, 7) is 2.22. The monoisotopic (exact) mass is 180 g/mol. The molecule has 1 saturated carbocycles. The molecule has 0 amide bonds. The molecule has 0 atom stereocenters. The van der Waals surface area contributed by atoms with Crippen molar-refractivity contribution in [3.63, 3.8) is 0 Å². The number of nitrogens with zero attached hydrogens (tertiary/aromatic N) is 3. The van der Waals surface area contributed by atoms with Crippen molar-refractivity contribution in [2.24, 2.45) is 7.05 Å². The van der Waals surface area contributed by atoms with E-state index in [9.17, 15) is 0 Å². The van der Waals surface area contributed by atoms with E-state index in [-0.39, 0.29) is 0 Å². The van der Waals surface area contributed by atoms with Gasteiger partial charge in [-0.05, 0) is 19.3 Å². The van der Waals surface area contributed by atoms with Gasteiger partial charge in [-0.3, -0.25) is 0 Å². The van der Waals surface area contributed by atoms with Gasteiger partial charge in [-0.25, -0.2) is 0 Å². The molecule has 0 aliphatic heterocycles. The van der Waals surface area contributed by atoms with Crippen molar-refractivity contribution in [2.75, 3.05) is 12.4 Å². The first-order valence-electron chi connectivity index (χ1n) is 4.81. The Bertz CT molecular complexity index is 311. The number of hydrogen-bond acceptors (Lipinski definition) is 3. The highest BCUT2D eigenvalue weighted by molar-refractivity contribution is 5.29. The van der Waals surface area contributed by atoms with Crippen LogP contribution in [-0.4, -0.2) is 21.8 Å². The summed E-state index contributed by atoms with van der Waals surface area (Å²) < 4.78 is 2.07. The lowest BCUT2D eigenvalue weighted by atomic mass is 10.0. The van der Waals surface area contributed by atoms with Gasteiger partial charge < -0.3 is 9.88 Å². The lowest BCUT2D eigenvalue weighted by Gasteiger charge is -2.11. The Morgan fingerprint density at radius 2 is 2.15 bits per heavy atom.